The van der Waals surface area contributed by atoms with Crippen LogP contribution < -0.4 is 15.4 Å². The van der Waals surface area contributed by atoms with Crippen LogP contribution in [0.1, 0.15) is 55.3 Å². The molecule has 176 valence electrons. The Morgan fingerprint density at radius 1 is 1.03 bits per heavy atom. The number of urea groups is 1. The number of likely N-dealkylation sites (tertiary alicyclic amines) is 1. The van der Waals surface area contributed by atoms with E-state index >= 15 is 0 Å². The Hall–Kier alpha value is -2.81. The number of aliphatic hydroxyl groups excluding tert-OH is 1. The SMILES string of the molecule is COC(=O)COc1ccc(C(=O)N[C@H]2CN(C(=O)NC3CCCCC3)CCC[C@H]2O)cc1. The maximum atomic E-state index is 12.8. The minimum absolute atomic E-state index is 0.127. The number of esters is 1. The van der Waals surface area contributed by atoms with Crippen LogP contribution in [-0.4, -0.2) is 72.9 Å². The number of hydrogen-bond acceptors (Lipinski definition) is 6. The van der Waals surface area contributed by atoms with Crippen LogP contribution in [0.4, 0.5) is 4.79 Å². The van der Waals surface area contributed by atoms with Crippen molar-refractivity contribution in [2.45, 2.75) is 63.1 Å². The van der Waals surface area contributed by atoms with Gasteiger partial charge in [0.05, 0.1) is 19.3 Å². The fraction of sp³-hybridized carbons (Fsp3) is 0.609. The van der Waals surface area contributed by atoms with Crippen molar-refractivity contribution in [2.75, 3.05) is 26.8 Å². The first-order valence-corrected chi connectivity index (χ1v) is 11.3. The van der Waals surface area contributed by atoms with Gasteiger partial charge in [-0.3, -0.25) is 4.79 Å². The number of carbonyl (C=O) groups excluding carboxylic acids is 3. The molecule has 1 aliphatic carbocycles. The van der Waals surface area contributed by atoms with E-state index in [-0.39, 0.29) is 31.1 Å². The fourth-order valence-corrected chi connectivity index (χ4v) is 4.14. The molecule has 32 heavy (non-hydrogen) atoms. The van der Waals surface area contributed by atoms with Gasteiger partial charge in [-0.2, -0.15) is 0 Å². The van der Waals surface area contributed by atoms with Crippen LogP contribution in [0.3, 0.4) is 0 Å². The molecule has 3 rings (SSSR count). The highest BCUT2D eigenvalue weighted by molar-refractivity contribution is 5.94. The molecule has 2 aliphatic rings. The standard InChI is InChI=1S/C23H33N3O6/c1-31-21(28)15-32-18-11-9-16(10-12-18)22(29)25-19-14-26(13-5-8-20(19)27)23(30)24-17-6-3-2-4-7-17/h9-12,17,19-20,27H,2-8,13-15H2,1H3,(H,24,30)(H,25,29)/t19-,20+/m0/s1. The molecule has 1 aromatic rings. The van der Waals surface area contributed by atoms with E-state index in [1.807, 2.05) is 0 Å². The predicted octanol–water partition coefficient (Wildman–Crippen LogP) is 1.84. The summed E-state index contributed by atoms with van der Waals surface area (Å²) >= 11 is 0. The number of methoxy groups -OCH3 is 1. The zero-order valence-electron chi connectivity index (χ0n) is 18.5. The summed E-state index contributed by atoms with van der Waals surface area (Å²) < 4.78 is 9.80. The molecule has 1 aliphatic heterocycles. The van der Waals surface area contributed by atoms with Gasteiger partial charge in [0.25, 0.3) is 5.91 Å². The van der Waals surface area contributed by atoms with Crippen LogP contribution >= 0.6 is 0 Å². The average molecular weight is 448 g/mol. The Morgan fingerprint density at radius 2 is 1.75 bits per heavy atom. The number of rotatable bonds is 6. The van der Waals surface area contributed by atoms with E-state index in [1.54, 1.807) is 29.2 Å². The number of amides is 3. The summed E-state index contributed by atoms with van der Waals surface area (Å²) in [6.45, 7) is 0.592. The summed E-state index contributed by atoms with van der Waals surface area (Å²) in [5.74, 6) is -0.402. The van der Waals surface area contributed by atoms with Gasteiger partial charge in [-0.05, 0) is 49.9 Å². The molecule has 3 N–H and O–H groups in total. The fourth-order valence-electron chi connectivity index (χ4n) is 4.14. The summed E-state index contributed by atoms with van der Waals surface area (Å²) in [4.78, 5) is 38.4. The van der Waals surface area contributed by atoms with Crippen molar-refractivity contribution in [3.05, 3.63) is 29.8 Å². The molecule has 9 nitrogen and oxygen atoms in total. The minimum atomic E-state index is -0.728. The van der Waals surface area contributed by atoms with Crippen LogP contribution in [0.15, 0.2) is 24.3 Å². The average Bonchev–Trinajstić information content (AvgIpc) is 2.99. The summed E-state index contributed by atoms with van der Waals surface area (Å²) in [5.41, 5.74) is 0.394. The molecule has 2 fully saturated rings. The van der Waals surface area contributed by atoms with Gasteiger partial charge >= 0.3 is 12.0 Å². The summed E-state index contributed by atoms with van der Waals surface area (Å²) in [7, 11) is 1.28. The summed E-state index contributed by atoms with van der Waals surface area (Å²) in [5, 5.41) is 16.5. The van der Waals surface area contributed by atoms with Gasteiger partial charge in [-0.1, -0.05) is 19.3 Å². The number of hydrogen-bond donors (Lipinski definition) is 3. The molecule has 0 spiro atoms. The highest BCUT2D eigenvalue weighted by atomic mass is 16.6. The van der Waals surface area contributed by atoms with E-state index in [2.05, 4.69) is 15.4 Å². The maximum absolute atomic E-state index is 12.8. The van der Waals surface area contributed by atoms with Crippen molar-refractivity contribution in [3.63, 3.8) is 0 Å². The van der Waals surface area contributed by atoms with Gasteiger partial charge in [-0.15, -0.1) is 0 Å². The van der Waals surface area contributed by atoms with Gasteiger partial charge in [0.2, 0.25) is 0 Å². The maximum Gasteiger partial charge on any atom is 0.343 e. The Bertz CT molecular complexity index is 778. The Balaban J connectivity index is 1.56. The number of nitrogens with zero attached hydrogens (tertiary/aromatic N) is 1. The Morgan fingerprint density at radius 3 is 2.44 bits per heavy atom. The highest BCUT2D eigenvalue weighted by Gasteiger charge is 2.30. The first-order chi connectivity index (χ1) is 15.5. The molecule has 1 saturated carbocycles. The number of nitrogens with one attached hydrogen (secondary N) is 2. The third-order valence-electron chi connectivity index (χ3n) is 6.05. The Kier molecular flexibility index (Phi) is 8.72. The van der Waals surface area contributed by atoms with Crippen molar-refractivity contribution in [1.82, 2.24) is 15.5 Å². The van der Waals surface area contributed by atoms with Crippen LogP contribution in [-0.2, 0) is 9.53 Å². The Labute approximate surface area is 188 Å². The normalized spacial score (nSPS) is 21.9. The lowest BCUT2D eigenvalue weighted by Gasteiger charge is -2.30. The van der Waals surface area contributed by atoms with Crippen molar-refractivity contribution >= 4 is 17.9 Å². The molecule has 3 amide bonds. The second-order valence-electron chi connectivity index (χ2n) is 8.41. The van der Waals surface area contributed by atoms with E-state index in [0.717, 1.165) is 25.7 Å². The lowest BCUT2D eigenvalue weighted by Crippen LogP contribution is -2.53. The molecule has 1 aromatic carbocycles. The van der Waals surface area contributed by atoms with Crippen molar-refractivity contribution in [2.24, 2.45) is 0 Å². The molecule has 2 atom stereocenters. The molecular weight excluding hydrogens is 414 g/mol. The lowest BCUT2D eigenvalue weighted by atomic mass is 9.96. The highest BCUT2D eigenvalue weighted by Crippen LogP contribution is 2.19. The predicted molar refractivity (Wildman–Crippen MR) is 117 cm³/mol. The molecule has 0 bridgehead atoms. The van der Waals surface area contributed by atoms with E-state index in [1.165, 1.54) is 13.5 Å². The van der Waals surface area contributed by atoms with Crippen molar-refractivity contribution in [1.29, 1.82) is 0 Å². The van der Waals surface area contributed by atoms with Gasteiger partial charge in [0.1, 0.15) is 5.75 Å². The van der Waals surface area contributed by atoms with Crippen LogP contribution in [0.5, 0.6) is 5.75 Å². The molecular formula is C23H33N3O6. The molecule has 1 saturated heterocycles. The van der Waals surface area contributed by atoms with E-state index in [9.17, 15) is 19.5 Å². The van der Waals surface area contributed by atoms with E-state index < -0.39 is 18.1 Å². The van der Waals surface area contributed by atoms with Gasteiger partial charge in [0.15, 0.2) is 6.61 Å². The number of aliphatic hydroxyl groups is 1. The smallest absolute Gasteiger partial charge is 0.343 e. The van der Waals surface area contributed by atoms with E-state index in [0.29, 0.717) is 30.7 Å². The first-order valence-electron chi connectivity index (χ1n) is 11.3. The van der Waals surface area contributed by atoms with Crippen LogP contribution in [0.2, 0.25) is 0 Å². The van der Waals surface area contributed by atoms with Gasteiger partial charge in [-0.25, -0.2) is 9.59 Å². The number of carbonyl (C=O) groups is 3. The lowest BCUT2D eigenvalue weighted by molar-refractivity contribution is -0.142. The van der Waals surface area contributed by atoms with E-state index in [4.69, 9.17) is 4.74 Å². The number of ether oxygens (including phenoxy) is 2. The molecule has 0 radical (unpaired) electrons. The van der Waals surface area contributed by atoms with Crippen molar-refractivity contribution < 1.29 is 29.0 Å². The first kappa shape index (κ1) is 23.8. The second-order valence-corrected chi connectivity index (χ2v) is 8.41. The van der Waals surface area contributed by atoms with Gasteiger partial charge < -0.3 is 30.1 Å². The van der Waals surface area contributed by atoms with Gasteiger partial charge in [0, 0.05) is 24.7 Å². The second kappa shape index (κ2) is 11.7. The molecule has 0 unspecified atom stereocenters. The van der Waals surface area contributed by atoms with Crippen molar-refractivity contribution in [3.8, 4) is 5.75 Å². The van der Waals surface area contributed by atoms with Crippen LogP contribution in [0, 0.1) is 0 Å². The molecule has 9 heteroatoms. The summed E-state index contributed by atoms with van der Waals surface area (Å²) in [6, 6.07) is 5.86. The zero-order valence-corrected chi connectivity index (χ0v) is 18.5. The number of benzene rings is 1. The van der Waals surface area contributed by atoms with Crippen LogP contribution in [0.25, 0.3) is 0 Å². The third-order valence-corrected chi connectivity index (χ3v) is 6.05. The quantitative estimate of drug-likeness (QED) is 0.573. The third kappa shape index (κ3) is 6.85. The molecule has 1 heterocycles. The zero-order chi connectivity index (χ0) is 22.9. The molecule has 0 aromatic heterocycles. The monoisotopic (exact) mass is 447 g/mol. The summed E-state index contributed by atoms with van der Waals surface area (Å²) in [6.07, 6.45) is 5.95. The minimum Gasteiger partial charge on any atom is -0.482 e. The largest absolute Gasteiger partial charge is 0.482 e. The topological polar surface area (TPSA) is 117 Å².